The van der Waals surface area contributed by atoms with Gasteiger partial charge in [-0.3, -0.25) is 4.57 Å². The molecule has 8 rings (SSSR count). The van der Waals surface area contributed by atoms with Crippen molar-refractivity contribution in [3.05, 3.63) is 145 Å². The molecule has 0 saturated carbocycles. The van der Waals surface area contributed by atoms with Crippen LogP contribution in [0.3, 0.4) is 0 Å². The number of phenolic OH excluding ortho intramolecular Hbond substituents is 1. The Kier molecular flexibility index (Phi) is 7.68. The van der Waals surface area contributed by atoms with Gasteiger partial charge in [-0.2, -0.15) is 0 Å². The molecule has 0 aliphatic carbocycles. The van der Waals surface area contributed by atoms with E-state index in [1.165, 1.54) is 5.56 Å². The van der Waals surface area contributed by atoms with E-state index in [-0.39, 0.29) is 16.6 Å². The summed E-state index contributed by atoms with van der Waals surface area (Å²) in [5.74, 6) is 2.02. The molecule has 5 heteroatoms. The molecule has 0 unspecified atom stereocenters. The van der Waals surface area contributed by atoms with Gasteiger partial charge in [0.15, 0.2) is 0 Å². The molecule has 0 aliphatic heterocycles. The number of fused-ring (bicyclic) bond motifs is 4. The van der Waals surface area contributed by atoms with Crippen molar-refractivity contribution >= 4 is 32.7 Å². The first kappa shape index (κ1) is 32.3. The van der Waals surface area contributed by atoms with Crippen molar-refractivity contribution in [1.29, 1.82) is 0 Å². The number of hydrogen-bond donors (Lipinski definition) is 1. The zero-order chi connectivity index (χ0) is 35.5. The van der Waals surface area contributed by atoms with Crippen LogP contribution in [0.2, 0.25) is 0 Å². The fourth-order valence-corrected chi connectivity index (χ4v) is 7.10. The molecule has 5 nitrogen and oxygen atoms in total. The molecular formula is C46H41N3O2. The maximum Gasteiger partial charge on any atom is 0.219 e. The SMILES string of the molecule is CC(C)(C)c1ccnc(-n2c3cc(Oc4ccc5c(C(C)(C)C)ccc(O)c5n4)ccc3c3c(-c4ccccc4)cc(-c4ccccc4)cc32)c1. The van der Waals surface area contributed by atoms with Gasteiger partial charge in [0.25, 0.3) is 0 Å². The molecule has 0 amide bonds. The second kappa shape index (κ2) is 12.1. The van der Waals surface area contributed by atoms with Gasteiger partial charge in [-0.1, -0.05) is 108 Å². The molecule has 0 aliphatic rings. The Morgan fingerprint density at radius 1 is 0.608 bits per heavy atom. The summed E-state index contributed by atoms with van der Waals surface area (Å²) in [4.78, 5) is 9.76. The van der Waals surface area contributed by atoms with Gasteiger partial charge in [0.05, 0.1) is 11.0 Å². The van der Waals surface area contributed by atoms with E-state index in [1.807, 2.05) is 30.5 Å². The van der Waals surface area contributed by atoms with Crippen molar-refractivity contribution in [2.24, 2.45) is 0 Å². The molecule has 5 aromatic carbocycles. The van der Waals surface area contributed by atoms with Crippen LogP contribution in [0.25, 0.3) is 60.8 Å². The van der Waals surface area contributed by atoms with Crippen LogP contribution in [-0.4, -0.2) is 19.6 Å². The molecule has 1 N–H and O–H groups in total. The number of ether oxygens (including phenoxy) is 1. The lowest BCUT2D eigenvalue weighted by molar-refractivity contribution is 0.460. The van der Waals surface area contributed by atoms with Crippen LogP contribution >= 0.6 is 0 Å². The predicted molar refractivity (Wildman–Crippen MR) is 210 cm³/mol. The topological polar surface area (TPSA) is 60.2 Å². The predicted octanol–water partition coefficient (Wildman–Crippen LogP) is 12.2. The van der Waals surface area contributed by atoms with Crippen molar-refractivity contribution in [3.8, 4) is 45.5 Å². The molecule has 8 aromatic rings. The summed E-state index contributed by atoms with van der Waals surface area (Å²) in [6, 6.07) is 43.8. The molecule has 0 fully saturated rings. The first-order valence-electron chi connectivity index (χ1n) is 17.5. The van der Waals surface area contributed by atoms with E-state index in [0.717, 1.165) is 60.8 Å². The lowest BCUT2D eigenvalue weighted by Crippen LogP contribution is -2.12. The molecule has 3 heterocycles. The van der Waals surface area contributed by atoms with Crippen LogP contribution in [-0.2, 0) is 10.8 Å². The summed E-state index contributed by atoms with van der Waals surface area (Å²) in [6.07, 6.45) is 1.91. The first-order chi connectivity index (χ1) is 24.5. The highest BCUT2D eigenvalue weighted by Crippen LogP contribution is 2.43. The number of rotatable bonds is 5. The van der Waals surface area contributed by atoms with E-state index in [1.54, 1.807) is 6.07 Å². The fraction of sp³-hybridized carbons (Fsp3) is 0.174. The van der Waals surface area contributed by atoms with Gasteiger partial charge in [0.2, 0.25) is 5.88 Å². The summed E-state index contributed by atoms with van der Waals surface area (Å²) >= 11 is 0. The Labute approximate surface area is 298 Å². The third kappa shape index (κ3) is 5.89. The Balaban J connectivity index is 1.38. The Morgan fingerprint density at radius 3 is 2.02 bits per heavy atom. The highest BCUT2D eigenvalue weighted by atomic mass is 16.5. The van der Waals surface area contributed by atoms with Gasteiger partial charge in [-0.05, 0) is 92.7 Å². The minimum atomic E-state index is -0.105. The Hall–Kier alpha value is -5.94. The Morgan fingerprint density at radius 2 is 1.31 bits per heavy atom. The quantitative estimate of drug-likeness (QED) is 0.198. The summed E-state index contributed by atoms with van der Waals surface area (Å²) in [6.45, 7) is 13.2. The summed E-state index contributed by atoms with van der Waals surface area (Å²) in [7, 11) is 0. The zero-order valence-electron chi connectivity index (χ0n) is 29.9. The number of pyridine rings is 2. The molecular weight excluding hydrogens is 627 g/mol. The smallest absolute Gasteiger partial charge is 0.219 e. The van der Waals surface area contributed by atoms with Crippen LogP contribution in [0.15, 0.2) is 134 Å². The van der Waals surface area contributed by atoms with Crippen molar-refractivity contribution in [3.63, 3.8) is 0 Å². The Bertz CT molecular complexity index is 2570. The minimum Gasteiger partial charge on any atom is -0.506 e. The number of hydrogen-bond acceptors (Lipinski definition) is 4. The van der Waals surface area contributed by atoms with Gasteiger partial charge in [0, 0.05) is 34.5 Å². The van der Waals surface area contributed by atoms with Crippen LogP contribution in [0, 0.1) is 0 Å². The molecule has 0 spiro atoms. The third-order valence-electron chi connectivity index (χ3n) is 9.71. The first-order valence-corrected chi connectivity index (χ1v) is 17.5. The summed E-state index contributed by atoms with van der Waals surface area (Å²) in [5.41, 5.74) is 9.29. The summed E-state index contributed by atoms with van der Waals surface area (Å²) in [5, 5.41) is 14.0. The van der Waals surface area contributed by atoms with Crippen molar-refractivity contribution in [2.75, 3.05) is 0 Å². The number of benzene rings is 5. The fourth-order valence-electron chi connectivity index (χ4n) is 7.10. The van der Waals surface area contributed by atoms with Crippen LogP contribution in [0.5, 0.6) is 17.4 Å². The number of aromatic nitrogens is 3. The van der Waals surface area contributed by atoms with Crippen molar-refractivity contribution < 1.29 is 9.84 Å². The standard InChI is InChI=1S/C46H41N3O2/c1-45(2,3)32-23-24-47-41(27-32)49-38-28-33(51-42-22-19-34-37(46(4,5)6)20-21-40(50)44(34)48-42)17-18-35(38)43-36(30-15-11-8-12-16-30)25-31(26-39(43)49)29-13-9-7-10-14-29/h7-28,50H,1-6H3. The van der Waals surface area contributed by atoms with E-state index in [0.29, 0.717) is 17.1 Å². The van der Waals surface area contributed by atoms with E-state index in [2.05, 4.69) is 143 Å². The number of phenols is 1. The van der Waals surface area contributed by atoms with Crippen LogP contribution in [0.4, 0.5) is 0 Å². The number of aromatic hydroxyl groups is 1. The van der Waals surface area contributed by atoms with Crippen LogP contribution < -0.4 is 4.74 Å². The second-order valence-corrected chi connectivity index (χ2v) is 15.3. The highest BCUT2D eigenvalue weighted by molar-refractivity contribution is 6.17. The molecule has 0 bridgehead atoms. The van der Waals surface area contributed by atoms with Crippen LogP contribution in [0.1, 0.15) is 52.7 Å². The minimum absolute atomic E-state index is 0.0602. The zero-order valence-corrected chi connectivity index (χ0v) is 29.9. The molecule has 0 atom stereocenters. The molecule has 3 aromatic heterocycles. The van der Waals surface area contributed by atoms with Crippen molar-refractivity contribution in [2.45, 2.75) is 52.4 Å². The van der Waals surface area contributed by atoms with E-state index in [4.69, 9.17) is 14.7 Å². The summed E-state index contributed by atoms with van der Waals surface area (Å²) < 4.78 is 8.76. The van der Waals surface area contributed by atoms with E-state index in [9.17, 15) is 5.11 Å². The molecule has 0 saturated heterocycles. The van der Waals surface area contributed by atoms with E-state index < -0.39 is 0 Å². The monoisotopic (exact) mass is 667 g/mol. The van der Waals surface area contributed by atoms with Crippen molar-refractivity contribution in [1.82, 2.24) is 14.5 Å². The second-order valence-electron chi connectivity index (χ2n) is 15.3. The molecule has 51 heavy (non-hydrogen) atoms. The third-order valence-corrected chi connectivity index (χ3v) is 9.71. The maximum absolute atomic E-state index is 10.8. The molecule has 252 valence electrons. The maximum atomic E-state index is 10.8. The van der Waals surface area contributed by atoms with Gasteiger partial charge >= 0.3 is 0 Å². The van der Waals surface area contributed by atoms with E-state index >= 15 is 0 Å². The van der Waals surface area contributed by atoms with Gasteiger partial charge in [-0.25, -0.2) is 9.97 Å². The average molecular weight is 668 g/mol. The normalized spacial score (nSPS) is 12.2. The van der Waals surface area contributed by atoms with Gasteiger partial charge in [0.1, 0.15) is 22.8 Å². The van der Waals surface area contributed by atoms with Gasteiger partial charge < -0.3 is 9.84 Å². The average Bonchev–Trinajstić information content (AvgIpc) is 3.45. The highest BCUT2D eigenvalue weighted by Gasteiger charge is 2.23. The lowest BCUT2D eigenvalue weighted by Gasteiger charge is -2.21. The lowest BCUT2D eigenvalue weighted by atomic mass is 9.84. The number of nitrogens with zero attached hydrogens (tertiary/aromatic N) is 3. The molecule has 0 radical (unpaired) electrons. The van der Waals surface area contributed by atoms with Gasteiger partial charge in [-0.15, -0.1) is 0 Å². The largest absolute Gasteiger partial charge is 0.506 e.